The first kappa shape index (κ1) is 13.0. The van der Waals surface area contributed by atoms with E-state index in [-0.39, 0.29) is 0 Å². The predicted molar refractivity (Wildman–Crippen MR) is 61.9 cm³/mol. The molecule has 0 aromatic rings. The summed E-state index contributed by atoms with van der Waals surface area (Å²) in [5, 5.41) is 0. The molecule has 0 spiro atoms. The largest absolute Gasteiger partial charge is 0.0651 e. The molecule has 0 N–H and O–H groups in total. The van der Waals surface area contributed by atoms with Gasteiger partial charge in [0.15, 0.2) is 0 Å². The Hall–Kier alpha value is 0. The van der Waals surface area contributed by atoms with Crippen LogP contribution in [0.1, 0.15) is 67.7 Å². The van der Waals surface area contributed by atoms with E-state index in [0.717, 1.165) is 5.92 Å². The lowest BCUT2D eigenvalue weighted by Gasteiger charge is -2.39. The van der Waals surface area contributed by atoms with Gasteiger partial charge in [0.1, 0.15) is 0 Å². The van der Waals surface area contributed by atoms with Crippen molar-refractivity contribution in [3.05, 3.63) is 0 Å². The molecule has 13 heavy (non-hydrogen) atoms. The normalized spacial score (nSPS) is 19.6. The Balaban J connectivity index is 4.45. The van der Waals surface area contributed by atoms with Crippen molar-refractivity contribution in [2.24, 2.45) is 16.7 Å². The second-order valence-corrected chi connectivity index (χ2v) is 6.05. The topological polar surface area (TPSA) is 0 Å². The molecule has 0 heteroatoms. The minimum atomic E-state index is 0.466. The third-order valence-electron chi connectivity index (χ3n) is 3.54. The molecule has 0 saturated heterocycles. The fraction of sp³-hybridized carbons (Fsp3) is 1.00. The summed E-state index contributed by atoms with van der Waals surface area (Å²) in [7, 11) is 0. The number of hydrogen-bond acceptors (Lipinski definition) is 0. The van der Waals surface area contributed by atoms with Crippen LogP contribution in [-0.4, -0.2) is 0 Å². The first-order valence-corrected chi connectivity index (χ1v) is 5.75. The van der Waals surface area contributed by atoms with E-state index >= 15 is 0 Å². The third kappa shape index (κ3) is 4.15. The van der Waals surface area contributed by atoms with Crippen LogP contribution in [0.2, 0.25) is 0 Å². The first-order chi connectivity index (χ1) is 5.75. The van der Waals surface area contributed by atoms with Crippen LogP contribution >= 0.6 is 0 Å². The molecule has 0 aromatic carbocycles. The SMILES string of the molecule is CCC(C)C(C)(CC)CC(C)(C)C. The molecular formula is C13H28. The highest BCUT2D eigenvalue weighted by atomic mass is 14.4. The molecule has 0 aromatic heterocycles. The summed E-state index contributed by atoms with van der Waals surface area (Å²) in [6.45, 7) is 16.5. The van der Waals surface area contributed by atoms with Crippen molar-refractivity contribution in [3.8, 4) is 0 Å². The Morgan fingerprint density at radius 2 is 1.46 bits per heavy atom. The Kier molecular flexibility index (Phi) is 4.48. The first-order valence-electron chi connectivity index (χ1n) is 5.75. The van der Waals surface area contributed by atoms with Crippen LogP contribution in [0.5, 0.6) is 0 Å². The number of hydrogen-bond donors (Lipinski definition) is 0. The molecule has 0 fully saturated rings. The molecule has 0 aliphatic heterocycles. The van der Waals surface area contributed by atoms with Crippen molar-refractivity contribution in [1.29, 1.82) is 0 Å². The van der Waals surface area contributed by atoms with Gasteiger partial charge in [0.05, 0.1) is 0 Å². The van der Waals surface area contributed by atoms with Crippen LogP contribution in [0.15, 0.2) is 0 Å². The molecular weight excluding hydrogens is 156 g/mol. The highest BCUT2D eigenvalue weighted by Crippen LogP contribution is 2.42. The Bertz CT molecular complexity index is 141. The highest BCUT2D eigenvalue weighted by Gasteiger charge is 2.32. The molecule has 0 rings (SSSR count). The monoisotopic (exact) mass is 184 g/mol. The Labute approximate surface area is 85.1 Å². The van der Waals surface area contributed by atoms with Crippen molar-refractivity contribution in [2.45, 2.75) is 67.7 Å². The van der Waals surface area contributed by atoms with Gasteiger partial charge in [-0.2, -0.15) is 0 Å². The van der Waals surface area contributed by atoms with E-state index in [2.05, 4.69) is 48.5 Å². The van der Waals surface area contributed by atoms with Gasteiger partial charge < -0.3 is 0 Å². The van der Waals surface area contributed by atoms with Gasteiger partial charge in [0.25, 0.3) is 0 Å². The van der Waals surface area contributed by atoms with E-state index in [1.165, 1.54) is 19.3 Å². The fourth-order valence-corrected chi connectivity index (χ4v) is 2.35. The molecule has 0 aliphatic carbocycles. The summed E-state index contributed by atoms with van der Waals surface area (Å²) >= 11 is 0. The van der Waals surface area contributed by atoms with Crippen LogP contribution in [0, 0.1) is 16.7 Å². The lowest BCUT2D eigenvalue weighted by atomic mass is 9.66. The van der Waals surface area contributed by atoms with Crippen molar-refractivity contribution in [3.63, 3.8) is 0 Å². The smallest absolute Gasteiger partial charge is 0.0298 e. The maximum absolute atomic E-state index is 2.45. The van der Waals surface area contributed by atoms with Gasteiger partial charge >= 0.3 is 0 Å². The summed E-state index contributed by atoms with van der Waals surface area (Å²) in [6, 6.07) is 0. The van der Waals surface area contributed by atoms with Crippen LogP contribution in [0.3, 0.4) is 0 Å². The molecule has 0 radical (unpaired) electrons. The van der Waals surface area contributed by atoms with Gasteiger partial charge in [0.2, 0.25) is 0 Å². The van der Waals surface area contributed by atoms with Crippen LogP contribution in [-0.2, 0) is 0 Å². The van der Waals surface area contributed by atoms with Crippen molar-refractivity contribution >= 4 is 0 Å². The summed E-state index contributed by atoms with van der Waals surface area (Å²) in [5.74, 6) is 0.844. The van der Waals surface area contributed by atoms with Gasteiger partial charge in [-0.3, -0.25) is 0 Å². The van der Waals surface area contributed by atoms with E-state index in [9.17, 15) is 0 Å². The fourth-order valence-electron chi connectivity index (χ4n) is 2.35. The van der Waals surface area contributed by atoms with Crippen LogP contribution in [0.25, 0.3) is 0 Å². The lowest BCUT2D eigenvalue weighted by Crippen LogP contribution is -2.29. The molecule has 0 heterocycles. The van der Waals surface area contributed by atoms with Gasteiger partial charge in [-0.25, -0.2) is 0 Å². The summed E-state index contributed by atoms with van der Waals surface area (Å²) in [6.07, 6.45) is 3.95. The number of rotatable bonds is 4. The van der Waals surface area contributed by atoms with Crippen molar-refractivity contribution in [2.75, 3.05) is 0 Å². The Morgan fingerprint density at radius 3 is 1.69 bits per heavy atom. The average Bonchev–Trinajstić information content (AvgIpc) is 1.99. The zero-order valence-corrected chi connectivity index (χ0v) is 10.7. The van der Waals surface area contributed by atoms with Gasteiger partial charge in [-0.05, 0) is 23.2 Å². The molecule has 80 valence electrons. The highest BCUT2D eigenvalue weighted by molar-refractivity contribution is 4.82. The zero-order chi connectivity index (χ0) is 10.7. The third-order valence-corrected chi connectivity index (χ3v) is 3.54. The molecule has 0 aliphatic rings. The van der Waals surface area contributed by atoms with Gasteiger partial charge in [-0.15, -0.1) is 0 Å². The summed E-state index contributed by atoms with van der Waals surface area (Å²) in [5.41, 5.74) is 1.00. The molecule has 2 unspecified atom stereocenters. The Morgan fingerprint density at radius 1 is 1.00 bits per heavy atom. The maximum Gasteiger partial charge on any atom is -0.0298 e. The molecule has 0 saturated carbocycles. The quantitative estimate of drug-likeness (QED) is 0.584. The minimum absolute atomic E-state index is 0.466. The average molecular weight is 184 g/mol. The molecule has 0 bridgehead atoms. The second-order valence-electron chi connectivity index (χ2n) is 6.05. The van der Waals surface area contributed by atoms with Gasteiger partial charge in [-0.1, -0.05) is 61.3 Å². The lowest BCUT2D eigenvalue weighted by molar-refractivity contribution is 0.111. The second kappa shape index (κ2) is 4.48. The predicted octanol–water partition coefficient (Wildman–Crippen LogP) is 4.89. The molecule has 2 atom stereocenters. The maximum atomic E-state index is 2.45. The summed E-state index contributed by atoms with van der Waals surface area (Å²) in [4.78, 5) is 0. The molecule has 0 amide bonds. The van der Waals surface area contributed by atoms with E-state index in [1.54, 1.807) is 0 Å². The minimum Gasteiger partial charge on any atom is -0.0651 e. The molecule has 0 nitrogen and oxygen atoms in total. The van der Waals surface area contributed by atoms with E-state index < -0.39 is 0 Å². The van der Waals surface area contributed by atoms with Crippen molar-refractivity contribution in [1.82, 2.24) is 0 Å². The van der Waals surface area contributed by atoms with Crippen LogP contribution < -0.4 is 0 Å². The van der Waals surface area contributed by atoms with Gasteiger partial charge in [0, 0.05) is 0 Å². The van der Waals surface area contributed by atoms with E-state index in [0.29, 0.717) is 10.8 Å². The van der Waals surface area contributed by atoms with E-state index in [1.807, 2.05) is 0 Å². The van der Waals surface area contributed by atoms with Crippen LogP contribution in [0.4, 0.5) is 0 Å². The van der Waals surface area contributed by atoms with Crippen molar-refractivity contribution < 1.29 is 0 Å². The zero-order valence-electron chi connectivity index (χ0n) is 10.7. The summed E-state index contributed by atoms with van der Waals surface area (Å²) < 4.78 is 0. The van der Waals surface area contributed by atoms with E-state index in [4.69, 9.17) is 0 Å². The standard InChI is InChI=1S/C13H28/c1-8-11(3)13(7,9-2)10-12(4,5)6/h11H,8-10H2,1-7H3.